The summed E-state index contributed by atoms with van der Waals surface area (Å²) in [5.74, 6) is 2.07. The van der Waals surface area contributed by atoms with Crippen LogP contribution in [0.1, 0.15) is 65.3 Å². The lowest BCUT2D eigenvalue weighted by molar-refractivity contribution is 0.0940. The fraction of sp³-hybridized carbons (Fsp3) is 0.296. The molecule has 3 nitrogen and oxygen atoms in total. The van der Waals surface area contributed by atoms with Crippen molar-refractivity contribution in [2.45, 2.75) is 50.3 Å². The largest absolute Gasteiger partial charge is 0.496 e. The van der Waals surface area contributed by atoms with Gasteiger partial charge in [-0.3, -0.25) is 4.79 Å². The van der Waals surface area contributed by atoms with Gasteiger partial charge < -0.3 is 10.1 Å². The number of thioether (sulfide) groups is 1. The molecule has 0 aliphatic carbocycles. The highest BCUT2D eigenvalue weighted by molar-refractivity contribution is 7.98. The summed E-state index contributed by atoms with van der Waals surface area (Å²) < 4.78 is 5.54. The first-order valence-electron chi connectivity index (χ1n) is 10.6. The number of ether oxygens (including phenoxy) is 1. The second-order valence-electron chi connectivity index (χ2n) is 8.10. The highest BCUT2D eigenvalue weighted by atomic mass is 32.2. The van der Waals surface area contributed by atoms with Gasteiger partial charge in [0.1, 0.15) is 5.75 Å². The van der Waals surface area contributed by atoms with Gasteiger partial charge in [-0.2, -0.15) is 0 Å². The molecule has 1 amide bonds. The molecule has 0 aliphatic rings. The Balaban J connectivity index is 1.66. The predicted octanol–water partition coefficient (Wildman–Crippen LogP) is 6.91. The van der Waals surface area contributed by atoms with Crippen LogP contribution >= 0.6 is 11.8 Å². The molecular formula is C27H31NO2S. The van der Waals surface area contributed by atoms with Crippen molar-refractivity contribution in [3.63, 3.8) is 0 Å². The second kappa shape index (κ2) is 10.5. The Bertz CT molecular complexity index is 1010. The number of methoxy groups -OCH3 is 1. The van der Waals surface area contributed by atoms with E-state index in [2.05, 4.69) is 50.4 Å². The SMILES string of the molecule is COc1cc(C)c(C(C)NC(=O)c2ccc(CSc3ccccc3)cc2)cc1C(C)C. The van der Waals surface area contributed by atoms with Gasteiger partial charge in [0.05, 0.1) is 13.2 Å². The van der Waals surface area contributed by atoms with E-state index in [0.717, 1.165) is 28.2 Å². The first-order valence-corrected chi connectivity index (χ1v) is 11.6. The van der Waals surface area contributed by atoms with Crippen molar-refractivity contribution in [3.05, 3.63) is 94.5 Å². The molecule has 1 atom stereocenters. The van der Waals surface area contributed by atoms with Crippen molar-refractivity contribution in [2.75, 3.05) is 7.11 Å². The molecule has 1 unspecified atom stereocenters. The average molecular weight is 434 g/mol. The first-order chi connectivity index (χ1) is 14.9. The third-order valence-corrected chi connectivity index (χ3v) is 6.50. The Morgan fingerprint density at radius 3 is 2.26 bits per heavy atom. The zero-order valence-corrected chi connectivity index (χ0v) is 19.8. The van der Waals surface area contributed by atoms with Crippen LogP contribution in [-0.4, -0.2) is 13.0 Å². The lowest BCUT2D eigenvalue weighted by atomic mass is 9.93. The predicted molar refractivity (Wildman–Crippen MR) is 130 cm³/mol. The zero-order valence-electron chi connectivity index (χ0n) is 18.9. The van der Waals surface area contributed by atoms with E-state index < -0.39 is 0 Å². The zero-order chi connectivity index (χ0) is 22.4. The lowest BCUT2D eigenvalue weighted by Gasteiger charge is -2.21. The summed E-state index contributed by atoms with van der Waals surface area (Å²) >= 11 is 1.79. The van der Waals surface area contributed by atoms with Crippen molar-refractivity contribution in [2.24, 2.45) is 0 Å². The smallest absolute Gasteiger partial charge is 0.251 e. The maximum Gasteiger partial charge on any atom is 0.251 e. The Kier molecular flexibility index (Phi) is 7.80. The maximum atomic E-state index is 12.8. The molecule has 3 aromatic carbocycles. The lowest BCUT2D eigenvalue weighted by Crippen LogP contribution is -2.27. The minimum Gasteiger partial charge on any atom is -0.496 e. The van der Waals surface area contributed by atoms with Gasteiger partial charge in [-0.05, 0) is 78.4 Å². The van der Waals surface area contributed by atoms with E-state index in [4.69, 9.17) is 4.74 Å². The molecule has 0 spiro atoms. The van der Waals surface area contributed by atoms with Crippen LogP contribution in [0.25, 0.3) is 0 Å². The molecule has 0 aliphatic heterocycles. The number of benzene rings is 3. The highest BCUT2D eigenvalue weighted by Gasteiger charge is 2.17. The summed E-state index contributed by atoms with van der Waals surface area (Å²) in [7, 11) is 1.70. The molecule has 0 radical (unpaired) electrons. The molecular weight excluding hydrogens is 402 g/mol. The van der Waals surface area contributed by atoms with Crippen molar-refractivity contribution in [1.29, 1.82) is 0 Å². The second-order valence-corrected chi connectivity index (χ2v) is 9.15. The average Bonchev–Trinajstić information content (AvgIpc) is 2.78. The molecule has 0 heterocycles. The molecule has 0 saturated heterocycles. The number of hydrogen-bond donors (Lipinski definition) is 1. The van der Waals surface area contributed by atoms with E-state index in [1.807, 2.05) is 49.4 Å². The molecule has 0 aromatic heterocycles. The van der Waals surface area contributed by atoms with Gasteiger partial charge in [-0.1, -0.05) is 44.2 Å². The van der Waals surface area contributed by atoms with Crippen LogP contribution < -0.4 is 10.1 Å². The van der Waals surface area contributed by atoms with E-state index in [-0.39, 0.29) is 11.9 Å². The number of nitrogens with one attached hydrogen (secondary N) is 1. The highest BCUT2D eigenvalue weighted by Crippen LogP contribution is 2.32. The van der Waals surface area contributed by atoms with Gasteiger partial charge >= 0.3 is 0 Å². The minimum atomic E-state index is -0.0933. The quantitative estimate of drug-likeness (QED) is 0.392. The maximum absolute atomic E-state index is 12.8. The standard InChI is InChI=1S/C27H31NO2S/c1-18(2)24-16-25(19(3)15-26(24)30-5)20(4)28-27(29)22-13-11-21(12-14-22)17-31-23-9-7-6-8-10-23/h6-16,18,20H,17H2,1-5H3,(H,28,29). The van der Waals surface area contributed by atoms with Crippen LogP contribution in [0.4, 0.5) is 0 Å². The van der Waals surface area contributed by atoms with Gasteiger partial charge in [0, 0.05) is 16.2 Å². The van der Waals surface area contributed by atoms with Crippen molar-refractivity contribution in [3.8, 4) is 5.75 Å². The van der Waals surface area contributed by atoms with Crippen molar-refractivity contribution >= 4 is 17.7 Å². The summed E-state index contributed by atoms with van der Waals surface area (Å²) in [6.07, 6.45) is 0. The fourth-order valence-electron chi connectivity index (χ4n) is 3.60. The minimum absolute atomic E-state index is 0.0592. The molecule has 31 heavy (non-hydrogen) atoms. The third kappa shape index (κ3) is 5.92. The fourth-order valence-corrected chi connectivity index (χ4v) is 4.48. The molecule has 3 rings (SSSR count). The molecule has 0 fully saturated rings. The number of aryl methyl sites for hydroxylation is 1. The molecule has 1 N–H and O–H groups in total. The third-order valence-electron chi connectivity index (χ3n) is 5.42. The van der Waals surface area contributed by atoms with E-state index >= 15 is 0 Å². The summed E-state index contributed by atoms with van der Waals surface area (Å²) in [5.41, 5.74) is 5.27. The van der Waals surface area contributed by atoms with E-state index in [1.165, 1.54) is 10.5 Å². The van der Waals surface area contributed by atoms with Crippen molar-refractivity contribution in [1.82, 2.24) is 5.32 Å². The van der Waals surface area contributed by atoms with Gasteiger partial charge in [0.2, 0.25) is 0 Å². The molecule has 4 heteroatoms. The van der Waals surface area contributed by atoms with Crippen LogP contribution in [0.2, 0.25) is 0 Å². The summed E-state index contributed by atoms with van der Waals surface area (Å²) in [5, 5.41) is 3.15. The van der Waals surface area contributed by atoms with Gasteiger partial charge in [-0.25, -0.2) is 0 Å². The molecule has 3 aromatic rings. The number of carbonyl (C=O) groups excluding carboxylic acids is 1. The van der Waals surface area contributed by atoms with E-state index in [0.29, 0.717) is 11.5 Å². The van der Waals surface area contributed by atoms with Crippen LogP contribution in [-0.2, 0) is 5.75 Å². The van der Waals surface area contributed by atoms with Crippen LogP contribution in [0, 0.1) is 6.92 Å². The Hall–Kier alpha value is -2.72. The Morgan fingerprint density at radius 2 is 1.65 bits per heavy atom. The first kappa shape index (κ1) is 23.0. The summed E-state index contributed by atoms with van der Waals surface area (Å²) in [6.45, 7) is 8.39. The topological polar surface area (TPSA) is 38.3 Å². The number of hydrogen-bond acceptors (Lipinski definition) is 3. The van der Waals surface area contributed by atoms with E-state index in [1.54, 1.807) is 18.9 Å². The van der Waals surface area contributed by atoms with Crippen LogP contribution in [0.5, 0.6) is 5.75 Å². The summed E-state index contributed by atoms with van der Waals surface area (Å²) in [6, 6.07) is 22.3. The van der Waals surface area contributed by atoms with Crippen LogP contribution in [0.3, 0.4) is 0 Å². The molecule has 0 saturated carbocycles. The Labute approximate surface area is 190 Å². The van der Waals surface area contributed by atoms with Gasteiger partial charge in [0.25, 0.3) is 5.91 Å². The van der Waals surface area contributed by atoms with E-state index in [9.17, 15) is 4.79 Å². The monoisotopic (exact) mass is 433 g/mol. The van der Waals surface area contributed by atoms with Gasteiger partial charge in [-0.15, -0.1) is 11.8 Å². The van der Waals surface area contributed by atoms with Crippen LogP contribution in [0.15, 0.2) is 71.6 Å². The van der Waals surface area contributed by atoms with Gasteiger partial charge in [0.15, 0.2) is 0 Å². The number of amides is 1. The normalized spacial score (nSPS) is 11.9. The molecule has 162 valence electrons. The van der Waals surface area contributed by atoms with Crippen molar-refractivity contribution < 1.29 is 9.53 Å². The number of carbonyl (C=O) groups is 1. The Morgan fingerprint density at radius 1 is 0.968 bits per heavy atom. The summed E-state index contributed by atoms with van der Waals surface area (Å²) in [4.78, 5) is 14.1. The molecule has 0 bridgehead atoms. The number of rotatable bonds is 8.